The molecule has 19 heavy (non-hydrogen) atoms. The SMILES string of the molecule is CC(C)CN1CCC(NC(=O)c2ccc(Br)o2)CC1. The molecular weight excluding hydrogens is 308 g/mol. The van der Waals surface area contributed by atoms with Crippen molar-refractivity contribution in [2.75, 3.05) is 19.6 Å². The van der Waals surface area contributed by atoms with Gasteiger partial charge in [-0.25, -0.2) is 0 Å². The average Bonchev–Trinajstić information content (AvgIpc) is 2.78. The number of carbonyl (C=O) groups is 1. The number of hydrogen-bond acceptors (Lipinski definition) is 3. The van der Waals surface area contributed by atoms with E-state index in [1.807, 2.05) is 0 Å². The number of rotatable bonds is 4. The zero-order valence-electron chi connectivity index (χ0n) is 11.5. The summed E-state index contributed by atoms with van der Waals surface area (Å²) in [4.78, 5) is 14.4. The first-order valence-corrected chi connectivity index (χ1v) is 7.62. The van der Waals surface area contributed by atoms with Crippen LogP contribution in [0.25, 0.3) is 0 Å². The van der Waals surface area contributed by atoms with Crippen molar-refractivity contribution in [2.45, 2.75) is 32.7 Å². The fraction of sp³-hybridized carbons (Fsp3) is 0.643. The Morgan fingerprint density at radius 1 is 1.47 bits per heavy atom. The second kappa shape index (κ2) is 6.57. The summed E-state index contributed by atoms with van der Waals surface area (Å²) in [5.41, 5.74) is 0. The number of piperidine rings is 1. The molecule has 0 aromatic carbocycles. The van der Waals surface area contributed by atoms with Gasteiger partial charge in [0.05, 0.1) is 0 Å². The van der Waals surface area contributed by atoms with E-state index < -0.39 is 0 Å². The molecule has 1 aromatic rings. The first-order valence-electron chi connectivity index (χ1n) is 6.83. The van der Waals surface area contributed by atoms with E-state index in [-0.39, 0.29) is 11.9 Å². The highest BCUT2D eigenvalue weighted by Gasteiger charge is 2.22. The van der Waals surface area contributed by atoms with Gasteiger partial charge in [-0.1, -0.05) is 13.8 Å². The Hall–Kier alpha value is -0.810. The highest BCUT2D eigenvalue weighted by molar-refractivity contribution is 9.10. The maximum atomic E-state index is 11.9. The van der Waals surface area contributed by atoms with Crippen LogP contribution in [0.15, 0.2) is 21.2 Å². The van der Waals surface area contributed by atoms with Crippen LogP contribution in [0.4, 0.5) is 0 Å². The van der Waals surface area contributed by atoms with E-state index in [0.29, 0.717) is 16.3 Å². The zero-order valence-corrected chi connectivity index (χ0v) is 13.1. The van der Waals surface area contributed by atoms with Crippen molar-refractivity contribution in [2.24, 2.45) is 5.92 Å². The normalized spacial score (nSPS) is 17.9. The Morgan fingerprint density at radius 2 is 2.16 bits per heavy atom. The van der Waals surface area contributed by atoms with Crippen LogP contribution >= 0.6 is 15.9 Å². The molecule has 4 nitrogen and oxygen atoms in total. The van der Waals surface area contributed by atoms with Crippen molar-refractivity contribution in [3.05, 3.63) is 22.6 Å². The van der Waals surface area contributed by atoms with E-state index in [9.17, 15) is 4.79 Å². The second-order valence-electron chi connectivity index (χ2n) is 5.55. The molecule has 0 unspecified atom stereocenters. The molecule has 1 amide bonds. The van der Waals surface area contributed by atoms with Gasteiger partial charge in [-0.05, 0) is 46.8 Å². The van der Waals surface area contributed by atoms with Gasteiger partial charge >= 0.3 is 0 Å². The molecule has 0 aliphatic carbocycles. The predicted octanol–water partition coefficient (Wildman–Crippen LogP) is 2.89. The maximum absolute atomic E-state index is 11.9. The van der Waals surface area contributed by atoms with E-state index in [0.717, 1.165) is 32.5 Å². The first kappa shape index (κ1) is 14.6. The molecule has 5 heteroatoms. The summed E-state index contributed by atoms with van der Waals surface area (Å²) >= 11 is 3.20. The number of amides is 1. The van der Waals surface area contributed by atoms with Crippen molar-refractivity contribution < 1.29 is 9.21 Å². The maximum Gasteiger partial charge on any atom is 0.287 e. The van der Waals surface area contributed by atoms with Crippen molar-refractivity contribution in [1.82, 2.24) is 10.2 Å². The summed E-state index contributed by atoms with van der Waals surface area (Å²) in [6.45, 7) is 7.74. The van der Waals surface area contributed by atoms with Crippen LogP contribution in [-0.2, 0) is 0 Å². The molecule has 106 valence electrons. The summed E-state index contributed by atoms with van der Waals surface area (Å²) in [5, 5.41) is 3.04. The van der Waals surface area contributed by atoms with E-state index in [1.165, 1.54) is 0 Å². The van der Waals surface area contributed by atoms with Crippen LogP contribution in [0.1, 0.15) is 37.2 Å². The molecule has 1 aliphatic heterocycles. The van der Waals surface area contributed by atoms with Crippen molar-refractivity contribution >= 4 is 21.8 Å². The average molecular weight is 329 g/mol. The van der Waals surface area contributed by atoms with Gasteiger partial charge in [-0.3, -0.25) is 4.79 Å². The quantitative estimate of drug-likeness (QED) is 0.924. The molecule has 0 atom stereocenters. The predicted molar refractivity (Wildman–Crippen MR) is 78.2 cm³/mol. The number of carbonyl (C=O) groups excluding carboxylic acids is 1. The van der Waals surface area contributed by atoms with Crippen LogP contribution in [0.5, 0.6) is 0 Å². The highest BCUT2D eigenvalue weighted by Crippen LogP contribution is 2.16. The number of nitrogens with one attached hydrogen (secondary N) is 1. The number of hydrogen-bond donors (Lipinski definition) is 1. The minimum Gasteiger partial charge on any atom is -0.444 e. The van der Waals surface area contributed by atoms with Gasteiger partial charge in [-0.15, -0.1) is 0 Å². The molecule has 1 fully saturated rings. The molecule has 1 aliphatic rings. The Morgan fingerprint density at radius 3 is 2.68 bits per heavy atom. The Bertz CT molecular complexity index is 423. The lowest BCUT2D eigenvalue weighted by Gasteiger charge is -2.33. The number of likely N-dealkylation sites (tertiary alicyclic amines) is 1. The Labute approximate surface area is 122 Å². The molecule has 2 heterocycles. The fourth-order valence-corrected chi connectivity index (χ4v) is 2.78. The van der Waals surface area contributed by atoms with Crippen molar-refractivity contribution in [3.63, 3.8) is 0 Å². The van der Waals surface area contributed by atoms with Crippen LogP contribution in [0.2, 0.25) is 0 Å². The third-order valence-corrected chi connectivity index (χ3v) is 3.77. The topological polar surface area (TPSA) is 45.5 Å². The monoisotopic (exact) mass is 328 g/mol. The molecular formula is C14H21BrN2O2. The van der Waals surface area contributed by atoms with E-state index in [2.05, 4.69) is 40.0 Å². The minimum atomic E-state index is -0.118. The molecule has 1 saturated heterocycles. The summed E-state index contributed by atoms with van der Waals surface area (Å²) in [6.07, 6.45) is 2.03. The zero-order chi connectivity index (χ0) is 13.8. The van der Waals surface area contributed by atoms with Crippen LogP contribution in [0, 0.1) is 5.92 Å². The highest BCUT2D eigenvalue weighted by atomic mass is 79.9. The lowest BCUT2D eigenvalue weighted by atomic mass is 10.0. The smallest absolute Gasteiger partial charge is 0.287 e. The molecule has 1 aromatic heterocycles. The molecule has 0 radical (unpaired) electrons. The molecule has 0 saturated carbocycles. The van der Waals surface area contributed by atoms with Crippen molar-refractivity contribution in [3.8, 4) is 0 Å². The summed E-state index contributed by atoms with van der Waals surface area (Å²) in [5.74, 6) is 0.955. The van der Waals surface area contributed by atoms with Crippen LogP contribution < -0.4 is 5.32 Å². The van der Waals surface area contributed by atoms with E-state index in [1.54, 1.807) is 12.1 Å². The van der Waals surface area contributed by atoms with Crippen molar-refractivity contribution in [1.29, 1.82) is 0 Å². The van der Waals surface area contributed by atoms with Crippen LogP contribution in [0.3, 0.4) is 0 Å². The van der Waals surface area contributed by atoms with Gasteiger partial charge < -0.3 is 14.6 Å². The third-order valence-electron chi connectivity index (χ3n) is 3.34. The van der Waals surface area contributed by atoms with E-state index >= 15 is 0 Å². The molecule has 1 N–H and O–H groups in total. The lowest BCUT2D eigenvalue weighted by Crippen LogP contribution is -2.45. The van der Waals surface area contributed by atoms with Crippen LogP contribution in [-0.4, -0.2) is 36.5 Å². The van der Waals surface area contributed by atoms with Gasteiger partial charge in [0.1, 0.15) is 0 Å². The number of nitrogens with zero attached hydrogens (tertiary/aromatic N) is 1. The summed E-state index contributed by atoms with van der Waals surface area (Å²) in [6, 6.07) is 3.69. The fourth-order valence-electron chi connectivity index (χ4n) is 2.47. The summed E-state index contributed by atoms with van der Waals surface area (Å²) < 4.78 is 5.84. The van der Waals surface area contributed by atoms with Gasteiger partial charge in [0, 0.05) is 25.7 Å². The molecule has 2 rings (SSSR count). The largest absolute Gasteiger partial charge is 0.444 e. The van der Waals surface area contributed by atoms with Gasteiger partial charge in [0.2, 0.25) is 0 Å². The molecule has 0 spiro atoms. The lowest BCUT2D eigenvalue weighted by molar-refractivity contribution is 0.0878. The third kappa shape index (κ3) is 4.35. The number of furan rings is 1. The number of halogens is 1. The Kier molecular flexibility index (Phi) is 5.05. The first-order chi connectivity index (χ1) is 9.04. The minimum absolute atomic E-state index is 0.118. The second-order valence-corrected chi connectivity index (χ2v) is 6.33. The molecule has 0 bridgehead atoms. The van der Waals surface area contributed by atoms with E-state index in [4.69, 9.17) is 4.42 Å². The van der Waals surface area contributed by atoms with Gasteiger partial charge in [0.15, 0.2) is 10.4 Å². The Balaban J connectivity index is 1.78. The van der Waals surface area contributed by atoms with Gasteiger partial charge in [0.25, 0.3) is 5.91 Å². The standard InChI is InChI=1S/C14H21BrN2O2/c1-10(2)9-17-7-5-11(6-8-17)16-14(18)12-3-4-13(15)19-12/h3-4,10-11H,5-9H2,1-2H3,(H,16,18). The summed E-state index contributed by atoms with van der Waals surface area (Å²) in [7, 11) is 0. The van der Waals surface area contributed by atoms with Gasteiger partial charge in [-0.2, -0.15) is 0 Å².